The number of piperidine rings is 1. The fraction of sp³-hybridized carbons (Fsp3) is 0.556. The van der Waals surface area contributed by atoms with Gasteiger partial charge in [0, 0.05) is 23.6 Å². The van der Waals surface area contributed by atoms with Crippen LogP contribution in [-0.2, 0) is 4.74 Å². The van der Waals surface area contributed by atoms with E-state index in [0.29, 0.717) is 28.9 Å². The molecule has 0 unspecified atom stereocenters. The number of amides is 2. The van der Waals surface area contributed by atoms with Crippen molar-refractivity contribution in [2.24, 2.45) is 0 Å². The van der Waals surface area contributed by atoms with Crippen molar-refractivity contribution < 1.29 is 19.1 Å². The summed E-state index contributed by atoms with van der Waals surface area (Å²) in [6.07, 6.45) is 1.18. The Bertz CT molecular complexity index is 642. The predicted molar refractivity (Wildman–Crippen MR) is 99.0 cm³/mol. The molecule has 1 atom stereocenters. The highest BCUT2D eigenvalue weighted by molar-refractivity contribution is 9.10. The Balaban J connectivity index is 2.06. The largest absolute Gasteiger partial charge is 0.496 e. The lowest BCUT2D eigenvalue weighted by Crippen LogP contribution is -2.50. The lowest BCUT2D eigenvalue weighted by molar-refractivity contribution is 0.0451. The number of methoxy groups -OCH3 is 1. The molecule has 0 aromatic heterocycles. The van der Waals surface area contributed by atoms with E-state index in [1.807, 2.05) is 32.9 Å². The number of carbonyl (C=O) groups excluding carboxylic acids is 2. The number of benzene rings is 1. The first-order chi connectivity index (χ1) is 11.7. The first-order valence-corrected chi connectivity index (χ1v) is 9.12. The summed E-state index contributed by atoms with van der Waals surface area (Å²) in [6.45, 7) is 6.56. The van der Waals surface area contributed by atoms with E-state index in [4.69, 9.17) is 9.47 Å². The molecule has 2 amide bonds. The molecule has 138 valence electrons. The zero-order valence-electron chi connectivity index (χ0n) is 15.1. The molecule has 0 aliphatic carbocycles. The molecule has 1 aromatic carbocycles. The maximum Gasteiger partial charge on any atom is 0.407 e. The summed E-state index contributed by atoms with van der Waals surface area (Å²) in [5.74, 6) is 0.418. The molecule has 0 saturated carbocycles. The maximum atomic E-state index is 12.9. The average Bonchev–Trinajstić information content (AvgIpc) is 2.52. The number of nitrogens with zero attached hydrogens (tertiary/aromatic N) is 1. The van der Waals surface area contributed by atoms with Crippen LogP contribution in [0.5, 0.6) is 5.75 Å². The van der Waals surface area contributed by atoms with Crippen LogP contribution in [0.25, 0.3) is 0 Å². The summed E-state index contributed by atoms with van der Waals surface area (Å²) in [7, 11) is 1.54. The normalized spacial score (nSPS) is 17.8. The lowest BCUT2D eigenvalue weighted by Gasteiger charge is -2.34. The fourth-order valence-corrected chi connectivity index (χ4v) is 3.31. The predicted octanol–water partition coefficient (Wildman–Crippen LogP) is 3.59. The minimum absolute atomic E-state index is 0.111. The SMILES string of the molecule is COc1cccc(Br)c1C(=O)N1CCC[C@H](NC(=O)OC(C)(C)C)C1. The highest BCUT2D eigenvalue weighted by Gasteiger charge is 2.29. The van der Waals surface area contributed by atoms with Crippen molar-refractivity contribution in [2.75, 3.05) is 20.2 Å². The van der Waals surface area contributed by atoms with E-state index in [2.05, 4.69) is 21.2 Å². The molecule has 1 fully saturated rings. The molecule has 1 heterocycles. The van der Waals surface area contributed by atoms with Gasteiger partial charge in [-0.1, -0.05) is 6.07 Å². The van der Waals surface area contributed by atoms with Crippen LogP contribution < -0.4 is 10.1 Å². The van der Waals surface area contributed by atoms with Crippen molar-refractivity contribution in [3.8, 4) is 5.75 Å². The first kappa shape index (κ1) is 19.6. The smallest absolute Gasteiger partial charge is 0.407 e. The summed E-state index contributed by atoms with van der Waals surface area (Å²) in [4.78, 5) is 26.6. The van der Waals surface area contributed by atoms with E-state index in [1.54, 1.807) is 18.1 Å². The first-order valence-electron chi connectivity index (χ1n) is 8.32. The van der Waals surface area contributed by atoms with E-state index < -0.39 is 11.7 Å². The molecular formula is C18H25BrN2O4. The topological polar surface area (TPSA) is 67.9 Å². The van der Waals surface area contributed by atoms with Crippen LogP contribution in [0.4, 0.5) is 4.79 Å². The van der Waals surface area contributed by atoms with Gasteiger partial charge >= 0.3 is 6.09 Å². The maximum absolute atomic E-state index is 12.9. The van der Waals surface area contributed by atoms with Crippen molar-refractivity contribution in [2.45, 2.75) is 45.3 Å². The van der Waals surface area contributed by atoms with Crippen molar-refractivity contribution in [1.29, 1.82) is 0 Å². The van der Waals surface area contributed by atoms with Gasteiger partial charge < -0.3 is 19.7 Å². The highest BCUT2D eigenvalue weighted by atomic mass is 79.9. The Morgan fingerprint density at radius 1 is 1.32 bits per heavy atom. The number of alkyl carbamates (subject to hydrolysis) is 1. The summed E-state index contributed by atoms with van der Waals surface area (Å²) in [5.41, 5.74) is -0.0424. The zero-order valence-corrected chi connectivity index (χ0v) is 16.7. The van der Waals surface area contributed by atoms with Crippen molar-refractivity contribution in [3.63, 3.8) is 0 Å². The van der Waals surface area contributed by atoms with E-state index in [1.165, 1.54) is 0 Å². The van der Waals surface area contributed by atoms with E-state index in [9.17, 15) is 9.59 Å². The average molecular weight is 413 g/mol. The van der Waals surface area contributed by atoms with E-state index in [0.717, 1.165) is 12.8 Å². The molecule has 0 radical (unpaired) electrons. The standard InChI is InChI=1S/C18H25BrN2O4/c1-18(2,3)25-17(23)20-12-7-6-10-21(11-12)16(22)15-13(19)8-5-9-14(15)24-4/h5,8-9,12H,6-7,10-11H2,1-4H3,(H,20,23)/t12-/m0/s1. The molecule has 0 spiro atoms. The molecule has 25 heavy (non-hydrogen) atoms. The second-order valence-electron chi connectivity index (χ2n) is 7.05. The van der Waals surface area contributed by atoms with Gasteiger partial charge in [0.25, 0.3) is 5.91 Å². The highest BCUT2D eigenvalue weighted by Crippen LogP contribution is 2.29. The molecule has 1 aliphatic rings. The quantitative estimate of drug-likeness (QED) is 0.823. The number of likely N-dealkylation sites (tertiary alicyclic amines) is 1. The van der Waals surface area contributed by atoms with Crippen LogP contribution in [0.15, 0.2) is 22.7 Å². The summed E-state index contributed by atoms with van der Waals surface area (Å²) >= 11 is 3.43. The molecule has 7 heteroatoms. The van der Waals surface area contributed by atoms with Crippen LogP contribution in [0, 0.1) is 0 Å². The molecular weight excluding hydrogens is 388 g/mol. The van der Waals surface area contributed by atoms with E-state index >= 15 is 0 Å². The van der Waals surface area contributed by atoms with Gasteiger partial charge in [0.1, 0.15) is 11.4 Å². The number of rotatable bonds is 3. The summed E-state index contributed by atoms with van der Waals surface area (Å²) in [6, 6.07) is 5.28. The molecule has 1 N–H and O–H groups in total. The van der Waals surface area contributed by atoms with Crippen LogP contribution >= 0.6 is 15.9 Å². The minimum atomic E-state index is -0.545. The Kier molecular flexibility index (Phi) is 6.32. The van der Waals surface area contributed by atoms with Crippen molar-refractivity contribution in [3.05, 3.63) is 28.2 Å². The zero-order chi connectivity index (χ0) is 18.6. The van der Waals surface area contributed by atoms with Crippen molar-refractivity contribution in [1.82, 2.24) is 10.2 Å². The Morgan fingerprint density at radius 3 is 2.68 bits per heavy atom. The van der Waals surface area contributed by atoms with Crippen LogP contribution in [0.3, 0.4) is 0 Å². The van der Waals surface area contributed by atoms with Gasteiger partial charge in [0.05, 0.1) is 12.7 Å². The van der Waals surface area contributed by atoms with E-state index in [-0.39, 0.29) is 11.9 Å². The minimum Gasteiger partial charge on any atom is -0.496 e. The van der Waals surface area contributed by atoms with Crippen LogP contribution in [-0.4, -0.2) is 48.7 Å². The van der Waals surface area contributed by atoms with Crippen LogP contribution in [0.1, 0.15) is 44.0 Å². The van der Waals surface area contributed by atoms with Crippen LogP contribution in [0.2, 0.25) is 0 Å². The van der Waals surface area contributed by atoms with Gasteiger partial charge in [-0.3, -0.25) is 4.79 Å². The molecule has 1 saturated heterocycles. The second kappa shape index (κ2) is 8.08. The Labute approximate surface area is 157 Å². The lowest BCUT2D eigenvalue weighted by atomic mass is 10.0. The van der Waals surface area contributed by atoms with Gasteiger partial charge in [-0.05, 0) is 61.7 Å². The molecule has 2 rings (SSSR count). The monoisotopic (exact) mass is 412 g/mol. The third kappa shape index (κ3) is 5.36. The number of ether oxygens (including phenoxy) is 2. The molecule has 6 nitrogen and oxygen atoms in total. The number of hydrogen-bond acceptors (Lipinski definition) is 4. The van der Waals surface area contributed by atoms with Crippen molar-refractivity contribution >= 4 is 27.9 Å². The number of nitrogens with one attached hydrogen (secondary N) is 1. The fourth-order valence-electron chi connectivity index (χ4n) is 2.79. The van der Waals surface area contributed by atoms with Gasteiger partial charge in [-0.25, -0.2) is 4.79 Å². The third-order valence-electron chi connectivity index (χ3n) is 3.84. The Hall–Kier alpha value is -1.76. The number of hydrogen-bond donors (Lipinski definition) is 1. The third-order valence-corrected chi connectivity index (χ3v) is 4.50. The van der Waals surface area contributed by atoms with Gasteiger partial charge in [-0.2, -0.15) is 0 Å². The van der Waals surface area contributed by atoms with Gasteiger partial charge in [0.15, 0.2) is 0 Å². The van der Waals surface area contributed by atoms with Gasteiger partial charge in [-0.15, -0.1) is 0 Å². The second-order valence-corrected chi connectivity index (χ2v) is 7.91. The molecule has 1 aromatic rings. The molecule has 0 bridgehead atoms. The summed E-state index contributed by atoms with van der Waals surface area (Å²) in [5, 5.41) is 2.86. The Morgan fingerprint density at radius 2 is 2.04 bits per heavy atom. The molecule has 1 aliphatic heterocycles. The number of carbonyl (C=O) groups is 2. The number of halogens is 1. The van der Waals surface area contributed by atoms with Gasteiger partial charge in [0.2, 0.25) is 0 Å². The summed E-state index contributed by atoms with van der Waals surface area (Å²) < 4.78 is 11.3.